The summed E-state index contributed by atoms with van der Waals surface area (Å²) in [6.45, 7) is 4.76. The highest BCUT2D eigenvalue weighted by Gasteiger charge is 2.24. The third kappa shape index (κ3) is 52.9. The average molecular weight is 970 g/mol. The lowest BCUT2D eigenvalue weighted by atomic mass is 10.0. The minimum Gasteiger partial charge on any atom is -0.756 e. The molecule has 67 heavy (non-hydrogen) atoms. The first-order chi connectivity index (χ1) is 32.5. The zero-order chi connectivity index (χ0) is 49.2. The maximum absolute atomic E-state index is 13.0. The fraction of sp³-hybridized carbons (Fsp3) is 0.948. The fourth-order valence-electron chi connectivity index (χ4n) is 9.10. The van der Waals surface area contributed by atoms with E-state index in [1.165, 1.54) is 238 Å². The first kappa shape index (κ1) is 66.2. The fourth-order valence-corrected chi connectivity index (χ4v) is 9.82. The minimum atomic E-state index is -4.57. The maximum Gasteiger partial charge on any atom is 0.268 e. The van der Waals surface area contributed by atoms with Crippen molar-refractivity contribution < 1.29 is 32.9 Å². The van der Waals surface area contributed by atoms with Gasteiger partial charge in [0.25, 0.3) is 7.82 Å². The number of likely N-dealkylation sites (N-methyl/N-ethyl adjacent to an activating group) is 1. The SMILES string of the molecule is CCCCCCCCCC/C=C\CCCCCCCCCCCCCCCCCCCC(=O)NC(COP(=O)([O-])OCC[N+](C)(C)C)C(O)CCCCCCCCCCCCCCCCCC. The van der Waals surface area contributed by atoms with Crippen LogP contribution < -0.4 is 10.2 Å². The van der Waals surface area contributed by atoms with Crippen LogP contribution in [0.15, 0.2) is 12.2 Å². The number of hydrogen-bond acceptors (Lipinski definition) is 6. The highest BCUT2D eigenvalue weighted by atomic mass is 31.2. The number of aliphatic hydroxyl groups excluding tert-OH is 1. The monoisotopic (exact) mass is 969 g/mol. The Bertz CT molecular complexity index is 1100. The summed E-state index contributed by atoms with van der Waals surface area (Å²) in [5.41, 5.74) is 0. The molecule has 0 aliphatic heterocycles. The van der Waals surface area contributed by atoms with Crippen molar-refractivity contribution in [1.82, 2.24) is 5.32 Å². The molecule has 0 aromatic heterocycles. The number of hydrogen-bond donors (Lipinski definition) is 2. The number of rotatable bonds is 55. The standard InChI is InChI=1S/C58H117N2O6P/c1-6-8-10-12-14-16-18-20-22-24-25-26-27-28-29-30-31-32-33-34-35-36-38-40-42-44-46-48-50-52-58(62)59-56(55-66-67(63,64)65-54-53-60(3,4)5)57(61)51-49-47-45-43-41-39-37-23-21-19-17-15-13-11-9-7-2/h24-25,56-57,61H,6-23,26-55H2,1-5H3,(H-,59,62,63,64)/b25-24-. The van der Waals surface area contributed by atoms with Crippen molar-refractivity contribution in [3.05, 3.63) is 12.2 Å². The molecule has 0 radical (unpaired) electrons. The van der Waals surface area contributed by atoms with Crippen LogP contribution in [0.4, 0.5) is 0 Å². The summed E-state index contributed by atoms with van der Waals surface area (Å²) in [5, 5.41) is 14.0. The molecule has 3 unspecified atom stereocenters. The van der Waals surface area contributed by atoms with Gasteiger partial charge < -0.3 is 28.8 Å². The molecule has 2 N–H and O–H groups in total. The van der Waals surface area contributed by atoms with Gasteiger partial charge in [-0.25, -0.2) is 0 Å². The van der Waals surface area contributed by atoms with E-state index >= 15 is 0 Å². The summed E-state index contributed by atoms with van der Waals surface area (Å²) in [7, 11) is 1.32. The largest absolute Gasteiger partial charge is 0.756 e. The van der Waals surface area contributed by atoms with E-state index in [4.69, 9.17) is 9.05 Å². The summed E-state index contributed by atoms with van der Waals surface area (Å²) in [4.78, 5) is 25.5. The van der Waals surface area contributed by atoms with E-state index in [1.54, 1.807) is 0 Å². The molecule has 0 aromatic rings. The van der Waals surface area contributed by atoms with E-state index in [2.05, 4.69) is 31.3 Å². The van der Waals surface area contributed by atoms with Gasteiger partial charge in [-0.15, -0.1) is 0 Å². The van der Waals surface area contributed by atoms with Crippen molar-refractivity contribution in [3.63, 3.8) is 0 Å². The number of amides is 1. The summed E-state index contributed by atoms with van der Waals surface area (Å²) >= 11 is 0. The van der Waals surface area contributed by atoms with Crippen LogP contribution in [0, 0.1) is 0 Å². The van der Waals surface area contributed by atoms with Gasteiger partial charge >= 0.3 is 0 Å². The van der Waals surface area contributed by atoms with Crippen LogP contribution in [-0.2, 0) is 18.4 Å². The maximum atomic E-state index is 13.0. The van der Waals surface area contributed by atoms with E-state index in [0.29, 0.717) is 23.9 Å². The normalized spacial score (nSPS) is 14.0. The summed E-state index contributed by atoms with van der Waals surface area (Å²) in [6, 6.07) is -0.796. The van der Waals surface area contributed by atoms with Gasteiger partial charge in [-0.1, -0.05) is 270 Å². The van der Waals surface area contributed by atoms with Crippen molar-refractivity contribution >= 4 is 13.7 Å². The number of unbranched alkanes of at least 4 members (excludes halogenated alkanes) is 40. The van der Waals surface area contributed by atoms with Crippen LogP contribution in [0.1, 0.15) is 303 Å². The number of quaternary nitrogens is 1. The molecule has 0 rings (SSSR count). The topological polar surface area (TPSA) is 108 Å². The second-order valence-corrected chi connectivity index (χ2v) is 23.1. The highest BCUT2D eigenvalue weighted by Crippen LogP contribution is 2.38. The molecule has 0 aliphatic carbocycles. The lowest BCUT2D eigenvalue weighted by molar-refractivity contribution is -0.870. The second kappa shape index (κ2) is 50.2. The number of nitrogens with one attached hydrogen (secondary N) is 1. The Balaban J connectivity index is 4.04. The van der Waals surface area contributed by atoms with Crippen molar-refractivity contribution in [1.29, 1.82) is 0 Å². The lowest BCUT2D eigenvalue weighted by Gasteiger charge is -2.30. The number of aliphatic hydroxyl groups is 1. The third-order valence-corrected chi connectivity index (χ3v) is 14.7. The van der Waals surface area contributed by atoms with Crippen LogP contribution in [0.25, 0.3) is 0 Å². The van der Waals surface area contributed by atoms with Crippen LogP contribution in [0.5, 0.6) is 0 Å². The summed E-state index contributed by atoms with van der Waals surface area (Å²) < 4.78 is 23.4. The zero-order valence-corrected chi connectivity index (χ0v) is 46.5. The minimum absolute atomic E-state index is 0.0154. The van der Waals surface area contributed by atoms with Crippen LogP contribution in [-0.4, -0.2) is 68.5 Å². The van der Waals surface area contributed by atoms with Gasteiger partial charge in [0, 0.05) is 6.42 Å². The van der Waals surface area contributed by atoms with Crippen LogP contribution in [0.3, 0.4) is 0 Å². The molecule has 1 amide bonds. The number of nitrogens with zero attached hydrogens (tertiary/aromatic N) is 1. The van der Waals surface area contributed by atoms with Crippen LogP contribution >= 0.6 is 7.82 Å². The lowest BCUT2D eigenvalue weighted by Crippen LogP contribution is -2.46. The molecule has 9 heteroatoms. The molecule has 0 saturated heterocycles. The molecule has 8 nitrogen and oxygen atoms in total. The van der Waals surface area contributed by atoms with Gasteiger partial charge in [-0.2, -0.15) is 0 Å². The zero-order valence-electron chi connectivity index (χ0n) is 45.6. The number of carbonyl (C=O) groups is 1. The molecule has 3 atom stereocenters. The predicted molar refractivity (Wildman–Crippen MR) is 289 cm³/mol. The number of phosphoric ester groups is 1. The molecule has 400 valence electrons. The van der Waals surface area contributed by atoms with Crippen molar-refractivity contribution in [2.24, 2.45) is 0 Å². The quantitative estimate of drug-likeness (QED) is 0.0272. The molecular weight excluding hydrogens is 852 g/mol. The van der Waals surface area contributed by atoms with E-state index in [9.17, 15) is 19.4 Å². The Labute approximate surface area is 418 Å². The Hall–Kier alpha value is -0.760. The summed E-state index contributed by atoms with van der Waals surface area (Å²) in [5.74, 6) is -0.158. The van der Waals surface area contributed by atoms with Crippen molar-refractivity contribution in [3.8, 4) is 0 Å². The van der Waals surface area contributed by atoms with Gasteiger partial charge in [0.1, 0.15) is 13.2 Å². The predicted octanol–water partition coefficient (Wildman–Crippen LogP) is 17.2. The molecule has 0 saturated carbocycles. The van der Waals surface area contributed by atoms with Gasteiger partial charge in [-0.05, 0) is 38.5 Å². The Kier molecular flexibility index (Phi) is 49.6. The van der Waals surface area contributed by atoms with Gasteiger partial charge in [0.2, 0.25) is 5.91 Å². The number of phosphoric acid groups is 1. The molecule has 0 fully saturated rings. The Morgan fingerprint density at radius 2 is 0.821 bits per heavy atom. The van der Waals surface area contributed by atoms with Crippen LogP contribution in [0.2, 0.25) is 0 Å². The highest BCUT2D eigenvalue weighted by molar-refractivity contribution is 7.45. The number of allylic oxidation sites excluding steroid dienone is 2. The Morgan fingerprint density at radius 1 is 0.507 bits per heavy atom. The molecule has 0 spiro atoms. The number of carbonyl (C=O) groups excluding carboxylic acids is 1. The van der Waals surface area contributed by atoms with Gasteiger partial charge in [-0.3, -0.25) is 9.36 Å². The molecule has 0 aromatic carbocycles. The first-order valence-corrected chi connectivity index (χ1v) is 31.0. The molecular formula is C58H117N2O6P. The van der Waals surface area contributed by atoms with Gasteiger partial charge in [0.15, 0.2) is 0 Å². The molecule has 0 aliphatic rings. The van der Waals surface area contributed by atoms with E-state index in [1.807, 2.05) is 21.1 Å². The van der Waals surface area contributed by atoms with Crippen molar-refractivity contribution in [2.75, 3.05) is 40.9 Å². The second-order valence-electron chi connectivity index (χ2n) is 21.7. The van der Waals surface area contributed by atoms with Crippen molar-refractivity contribution in [2.45, 2.75) is 315 Å². The van der Waals surface area contributed by atoms with E-state index in [0.717, 1.165) is 38.5 Å². The molecule has 0 heterocycles. The van der Waals surface area contributed by atoms with Gasteiger partial charge in [0.05, 0.1) is 39.9 Å². The smallest absolute Gasteiger partial charge is 0.268 e. The molecule has 0 bridgehead atoms. The van der Waals surface area contributed by atoms with E-state index in [-0.39, 0.29) is 19.1 Å². The van der Waals surface area contributed by atoms with E-state index < -0.39 is 20.0 Å². The summed E-state index contributed by atoms with van der Waals surface area (Å²) in [6.07, 6.45) is 61.1. The third-order valence-electron chi connectivity index (χ3n) is 13.8. The Morgan fingerprint density at radius 3 is 1.16 bits per heavy atom. The first-order valence-electron chi connectivity index (χ1n) is 29.5. The average Bonchev–Trinajstić information content (AvgIpc) is 3.29.